The number of hydrogen-bond donors (Lipinski definition) is 1. The van der Waals surface area contributed by atoms with Crippen molar-refractivity contribution in [2.24, 2.45) is 0 Å². The maximum atomic E-state index is 12.0. The molecule has 6 nitrogen and oxygen atoms in total. The number of nitrogen functional groups attached to an aromatic ring is 1. The SMILES string of the molecule is COCCN(CCC#N)C(=O)COc1cccc(N)c1. The lowest BCUT2D eigenvalue weighted by atomic mass is 10.3. The van der Waals surface area contributed by atoms with Gasteiger partial charge in [0.05, 0.1) is 19.1 Å². The van der Waals surface area contributed by atoms with Gasteiger partial charge < -0.3 is 20.1 Å². The van der Waals surface area contributed by atoms with E-state index in [9.17, 15) is 4.79 Å². The third-order valence-electron chi connectivity index (χ3n) is 2.63. The molecule has 0 heterocycles. The number of nitrogens with zero attached hydrogens (tertiary/aromatic N) is 2. The van der Waals surface area contributed by atoms with Crippen LogP contribution in [0.3, 0.4) is 0 Å². The highest BCUT2D eigenvalue weighted by atomic mass is 16.5. The highest BCUT2D eigenvalue weighted by Crippen LogP contribution is 2.14. The molecule has 20 heavy (non-hydrogen) atoms. The lowest BCUT2D eigenvalue weighted by Crippen LogP contribution is -2.37. The van der Waals surface area contributed by atoms with Crippen molar-refractivity contribution in [3.8, 4) is 11.8 Å². The quantitative estimate of drug-likeness (QED) is 0.717. The number of amides is 1. The molecule has 2 N–H and O–H groups in total. The van der Waals surface area contributed by atoms with Crippen LogP contribution in [0.4, 0.5) is 5.69 Å². The number of nitriles is 1. The Hall–Kier alpha value is -2.26. The zero-order valence-electron chi connectivity index (χ0n) is 11.5. The molecular weight excluding hydrogens is 258 g/mol. The highest BCUT2D eigenvalue weighted by molar-refractivity contribution is 5.77. The molecule has 0 bridgehead atoms. The number of hydrogen-bond acceptors (Lipinski definition) is 5. The van der Waals surface area contributed by atoms with Gasteiger partial charge in [0, 0.05) is 32.0 Å². The second kappa shape index (κ2) is 8.77. The molecule has 0 aliphatic rings. The van der Waals surface area contributed by atoms with Crippen LogP contribution in [0.2, 0.25) is 0 Å². The highest BCUT2D eigenvalue weighted by Gasteiger charge is 2.13. The van der Waals surface area contributed by atoms with Crippen LogP contribution in [-0.2, 0) is 9.53 Å². The van der Waals surface area contributed by atoms with E-state index in [1.807, 2.05) is 6.07 Å². The molecule has 1 amide bonds. The maximum absolute atomic E-state index is 12.0. The van der Waals surface area contributed by atoms with Crippen LogP contribution in [0.5, 0.6) is 5.75 Å². The van der Waals surface area contributed by atoms with E-state index in [-0.39, 0.29) is 18.9 Å². The van der Waals surface area contributed by atoms with Crippen molar-refractivity contribution in [3.05, 3.63) is 24.3 Å². The lowest BCUT2D eigenvalue weighted by molar-refractivity contribution is -0.133. The zero-order valence-corrected chi connectivity index (χ0v) is 11.5. The van der Waals surface area contributed by atoms with Crippen molar-refractivity contribution in [1.82, 2.24) is 4.90 Å². The Kier molecular flexibility index (Phi) is 6.93. The van der Waals surface area contributed by atoms with Crippen LogP contribution in [-0.4, -0.2) is 44.2 Å². The predicted octanol–water partition coefficient (Wildman–Crippen LogP) is 1.04. The number of anilines is 1. The van der Waals surface area contributed by atoms with Gasteiger partial charge in [0.1, 0.15) is 5.75 Å². The van der Waals surface area contributed by atoms with E-state index < -0.39 is 0 Å². The summed E-state index contributed by atoms with van der Waals surface area (Å²) < 4.78 is 10.3. The number of ether oxygens (including phenoxy) is 2. The first kappa shape index (κ1) is 15.8. The number of rotatable bonds is 8. The van der Waals surface area contributed by atoms with E-state index >= 15 is 0 Å². The summed E-state index contributed by atoms with van der Waals surface area (Å²) in [6.07, 6.45) is 0.285. The van der Waals surface area contributed by atoms with Crippen molar-refractivity contribution in [1.29, 1.82) is 5.26 Å². The van der Waals surface area contributed by atoms with Gasteiger partial charge in [-0.1, -0.05) is 6.07 Å². The third-order valence-corrected chi connectivity index (χ3v) is 2.63. The Morgan fingerprint density at radius 2 is 2.25 bits per heavy atom. The van der Waals surface area contributed by atoms with Crippen molar-refractivity contribution in [2.45, 2.75) is 6.42 Å². The van der Waals surface area contributed by atoms with Crippen molar-refractivity contribution < 1.29 is 14.3 Å². The zero-order chi connectivity index (χ0) is 14.8. The minimum absolute atomic E-state index is 0.0847. The van der Waals surface area contributed by atoms with Crippen LogP contribution in [0.1, 0.15) is 6.42 Å². The van der Waals surface area contributed by atoms with E-state index in [0.29, 0.717) is 31.1 Å². The molecular formula is C14H19N3O3. The molecule has 1 aromatic carbocycles. The van der Waals surface area contributed by atoms with E-state index in [4.69, 9.17) is 20.5 Å². The molecule has 0 saturated heterocycles. The molecule has 0 fully saturated rings. The Morgan fingerprint density at radius 3 is 2.90 bits per heavy atom. The average molecular weight is 277 g/mol. The molecule has 0 aliphatic heterocycles. The number of carbonyl (C=O) groups is 1. The summed E-state index contributed by atoms with van der Waals surface area (Å²) in [4.78, 5) is 13.6. The van der Waals surface area contributed by atoms with Crippen LogP contribution in [0.15, 0.2) is 24.3 Å². The van der Waals surface area contributed by atoms with Crippen LogP contribution < -0.4 is 10.5 Å². The lowest BCUT2D eigenvalue weighted by Gasteiger charge is -2.21. The predicted molar refractivity (Wildman–Crippen MR) is 75.0 cm³/mol. The summed E-state index contributed by atoms with van der Waals surface area (Å²) >= 11 is 0. The van der Waals surface area contributed by atoms with E-state index in [1.54, 1.807) is 36.3 Å². The van der Waals surface area contributed by atoms with Gasteiger partial charge in [0.2, 0.25) is 0 Å². The largest absolute Gasteiger partial charge is 0.484 e. The molecule has 1 aromatic rings. The van der Waals surface area contributed by atoms with Gasteiger partial charge in [-0.05, 0) is 12.1 Å². The minimum Gasteiger partial charge on any atom is -0.484 e. The summed E-state index contributed by atoms with van der Waals surface area (Å²) in [6, 6.07) is 8.91. The maximum Gasteiger partial charge on any atom is 0.260 e. The fraction of sp³-hybridized carbons (Fsp3) is 0.429. The molecule has 0 radical (unpaired) electrons. The summed E-state index contributed by atoms with van der Waals surface area (Å²) in [5.41, 5.74) is 6.21. The van der Waals surface area contributed by atoms with Crippen molar-refractivity contribution in [3.63, 3.8) is 0 Å². The first-order valence-corrected chi connectivity index (χ1v) is 6.29. The topological polar surface area (TPSA) is 88.6 Å². The fourth-order valence-electron chi connectivity index (χ4n) is 1.59. The first-order chi connectivity index (χ1) is 9.67. The van der Waals surface area contributed by atoms with Gasteiger partial charge in [-0.15, -0.1) is 0 Å². The number of benzene rings is 1. The second-order valence-electron chi connectivity index (χ2n) is 4.14. The van der Waals surface area contributed by atoms with Crippen molar-refractivity contribution >= 4 is 11.6 Å². The Labute approximate surface area is 118 Å². The molecule has 108 valence electrons. The third kappa shape index (κ3) is 5.59. The fourth-order valence-corrected chi connectivity index (χ4v) is 1.59. The number of carbonyl (C=O) groups excluding carboxylic acids is 1. The molecule has 0 aliphatic carbocycles. The average Bonchev–Trinajstić information content (AvgIpc) is 2.45. The van der Waals surface area contributed by atoms with E-state index in [0.717, 1.165) is 0 Å². The smallest absolute Gasteiger partial charge is 0.260 e. The van der Waals surface area contributed by atoms with Crippen LogP contribution >= 0.6 is 0 Å². The molecule has 0 unspecified atom stereocenters. The summed E-state index contributed by atoms with van der Waals surface area (Å²) in [5, 5.41) is 8.60. The van der Waals surface area contributed by atoms with E-state index in [2.05, 4.69) is 0 Å². The van der Waals surface area contributed by atoms with Gasteiger partial charge in [-0.25, -0.2) is 0 Å². The normalized spacial score (nSPS) is 9.80. The Balaban J connectivity index is 2.50. The van der Waals surface area contributed by atoms with Gasteiger partial charge >= 0.3 is 0 Å². The van der Waals surface area contributed by atoms with Crippen LogP contribution in [0.25, 0.3) is 0 Å². The van der Waals surface area contributed by atoms with E-state index in [1.165, 1.54) is 0 Å². The van der Waals surface area contributed by atoms with Crippen molar-refractivity contribution in [2.75, 3.05) is 39.1 Å². The molecule has 0 spiro atoms. The summed E-state index contributed by atoms with van der Waals surface area (Å²) in [7, 11) is 1.57. The Morgan fingerprint density at radius 1 is 1.45 bits per heavy atom. The van der Waals surface area contributed by atoms with Gasteiger partial charge in [0.15, 0.2) is 6.61 Å². The summed E-state index contributed by atoms with van der Waals surface area (Å²) in [6.45, 7) is 1.16. The minimum atomic E-state index is -0.181. The summed E-state index contributed by atoms with van der Waals surface area (Å²) in [5.74, 6) is 0.366. The van der Waals surface area contributed by atoms with Gasteiger partial charge in [-0.3, -0.25) is 4.79 Å². The monoisotopic (exact) mass is 277 g/mol. The standard InChI is InChI=1S/C14H19N3O3/c1-19-9-8-17(7-3-6-15)14(18)11-20-13-5-2-4-12(16)10-13/h2,4-5,10H,3,7-9,11,16H2,1H3. The molecule has 0 saturated carbocycles. The van der Waals surface area contributed by atoms with Gasteiger partial charge in [0.25, 0.3) is 5.91 Å². The number of methoxy groups -OCH3 is 1. The van der Waals surface area contributed by atoms with Crippen LogP contribution in [0, 0.1) is 11.3 Å². The number of nitrogens with two attached hydrogens (primary N) is 1. The molecule has 6 heteroatoms. The molecule has 0 atom stereocenters. The molecule has 1 rings (SSSR count). The molecule has 0 aromatic heterocycles. The second-order valence-corrected chi connectivity index (χ2v) is 4.14. The van der Waals surface area contributed by atoms with Gasteiger partial charge in [-0.2, -0.15) is 5.26 Å². The Bertz CT molecular complexity index is 471. The first-order valence-electron chi connectivity index (χ1n) is 6.29.